The lowest BCUT2D eigenvalue weighted by Crippen LogP contribution is -1.98. The number of rotatable bonds is 8. The van der Waals surface area contributed by atoms with Crippen molar-refractivity contribution in [1.29, 1.82) is 0 Å². The highest BCUT2D eigenvalue weighted by Gasteiger charge is 2.17. The second-order valence-corrected chi connectivity index (χ2v) is 15.8. The van der Waals surface area contributed by atoms with Crippen LogP contribution in [-0.4, -0.2) is 19.1 Å². The summed E-state index contributed by atoms with van der Waals surface area (Å²) >= 11 is 0. The number of allylic oxidation sites excluding steroid dienone is 4. The van der Waals surface area contributed by atoms with Crippen LogP contribution in [0.4, 0.5) is 0 Å². The van der Waals surface area contributed by atoms with Crippen LogP contribution in [0.1, 0.15) is 19.5 Å². The molecule has 0 fully saturated rings. The molecule has 4 heteroatoms. The van der Waals surface area contributed by atoms with Gasteiger partial charge in [0, 0.05) is 38.5 Å². The van der Waals surface area contributed by atoms with Gasteiger partial charge in [-0.15, -0.1) is 0 Å². The van der Waals surface area contributed by atoms with Gasteiger partial charge in [-0.2, -0.15) is 0 Å². The van der Waals surface area contributed by atoms with Gasteiger partial charge in [0.05, 0.1) is 44.8 Å². The van der Waals surface area contributed by atoms with E-state index in [1.54, 1.807) is 0 Å². The van der Waals surface area contributed by atoms with Gasteiger partial charge in [0.1, 0.15) is 0 Å². The number of benzene rings is 7. The van der Waals surface area contributed by atoms with Gasteiger partial charge >= 0.3 is 0 Å². The minimum atomic E-state index is 0.809. The number of hydrogen-bond donors (Lipinski definition) is 0. The van der Waals surface area contributed by atoms with Gasteiger partial charge in [-0.1, -0.05) is 146 Å². The van der Waals surface area contributed by atoms with E-state index in [-0.39, 0.29) is 0 Å². The Balaban J connectivity index is 1.09. The molecular weight excluding hydrogens is 753 g/mol. The summed E-state index contributed by atoms with van der Waals surface area (Å²) in [7, 11) is 0. The first-order chi connectivity index (χ1) is 30.6. The Morgan fingerprint density at radius 1 is 0.387 bits per heavy atom. The van der Waals surface area contributed by atoms with Crippen LogP contribution < -0.4 is 0 Å². The molecule has 0 amide bonds. The predicted molar refractivity (Wildman–Crippen MR) is 261 cm³/mol. The molecule has 4 heterocycles. The second-order valence-electron chi connectivity index (χ2n) is 15.8. The first-order valence-corrected chi connectivity index (χ1v) is 21.2. The van der Waals surface area contributed by atoms with Gasteiger partial charge in [0.25, 0.3) is 0 Å². The van der Waals surface area contributed by atoms with Gasteiger partial charge in [0.2, 0.25) is 0 Å². The third-order valence-electron chi connectivity index (χ3n) is 12.0. The largest absolute Gasteiger partial charge is 0.309 e. The summed E-state index contributed by atoms with van der Waals surface area (Å²) in [5, 5.41) is 4.97. The molecule has 62 heavy (non-hydrogen) atoms. The minimum absolute atomic E-state index is 0.809. The average Bonchev–Trinajstić information content (AvgIpc) is 3.86. The number of nitrogens with zero attached hydrogens (tertiary/aromatic N) is 4. The fraction of sp³-hybridized carbons (Fsp3) is 0.0345. The van der Waals surface area contributed by atoms with Crippen molar-refractivity contribution in [3.05, 3.63) is 224 Å². The highest BCUT2D eigenvalue weighted by molar-refractivity contribution is 6.10. The zero-order chi connectivity index (χ0) is 41.6. The quantitative estimate of drug-likeness (QED) is 0.144. The van der Waals surface area contributed by atoms with Crippen molar-refractivity contribution in [2.24, 2.45) is 0 Å². The first-order valence-electron chi connectivity index (χ1n) is 21.2. The highest BCUT2D eigenvalue weighted by Crippen LogP contribution is 2.38. The van der Waals surface area contributed by atoms with Crippen LogP contribution in [0.5, 0.6) is 0 Å². The molecule has 0 spiro atoms. The minimum Gasteiger partial charge on any atom is -0.309 e. The number of pyridine rings is 2. The molecule has 0 aliphatic rings. The Kier molecular flexibility index (Phi) is 9.24. The van der Waals surface area contributed by atoms with Crippen molar-refractivity contribution in [2.45, 2.75) is 13.8 Å². The maximum atomic E-state index is 5.37. The lowest BCUT2D eigenvalue weighted by atomic mass is 9.98. The third kappa shape index (κ3) is 6.50. The fourth-order valence-electron chi connectivity index (χ4n) is 8.99. The van der Waals surface area contributed by atoms with E-state index in [1.165, 1.54) is 43.6 Å². The van der Waals surface area contributed by atoms with E-state index < -0.39 is 0 Å². The maximum absolute atomic E-state index is 5.37. The van der Waals surface area contributed by atoms with E-state index in [0.717, 1.165) is 67.5 Å². The van der Waals surface area contributed by atoms with E-state index in [1.807, 2.05) is 19.1 Å². The standard InChI is InChI=1S/C58H42N4/c1-3-4-18-39(2)51-35-43(41-21-16-23-45(33-41)61-55-29-12-8-25-47(55)48-26-9-13-30-56(48)61)37-53(59-51)54-38-44(36-52(60-54)40-19-6-5-7-20-40)42-22-17-24-46(34-42)62-57-31-14-10-27-49(57)50-28-11-15-32-58(50)62/h3-38H,1-2H3/b4-3-,39-18+. The SMILES string of the molecule is C/C=C\C=C(/C)c1cc(-c2cccc(-n3c4ccccc4c4ccccc43)c2)cc(-c2cc(-c3cccc(-n4c5ccccc5c5ccccc54)c3)cc(-c3ccccc3)n2)n1. The van der Waals surface area contributed by atoms with Crippen LogP contribution in [0.3, 0.4) is 0 Å². The summed E-state index contributed by atoms with van der Waals surface area (Å²) in [6.45, 7) is 4.17. The van der Waals surface area contributed by atoms with Crippen molar-refractivity contribution in [1.82, 2.24) is 19.1 Å². The molecule has 4 aromatic heterocycles. The summed E-state index contributed by atoms with van der Waals surface area (Å²) in [4.78, 5) is 10.7. The first kappa shape index (κ1) is 37.0. The molecule has 0 aliphatic carbocycles. The Hall–Kier alpha value is -8.08. The summed E-state index contributed by atoms with van der Waals surface area (Å²) in [5.74, 6) is 0. The summed E-state index contributed by atoms with van der Waals surface area (Å²) < 4.78 is 4.75. The molecule has 0 unspecified atom stereocenters. The molecule has 0 radical (unpaired) electrons. The van der Waals surface area contributed by atoms with Crippen molar-refractivity contribution in [2.75, 3.05) is 0 Å². The highest BCUT2D eigenvalue weighted by atomic mass is 15.0. The van der Waals surface area contributed by atoms with E-state index in [4.69, 9.17) is 9.97 Å². The number of fused-ring (bicyclic) bond motifs is 6. The molecule has 7 aromatic carbocycles. The summed E-state index contributed by atoms with van der Waals surface area (Å²) in [6, 6.07) is 71.6. The Labute approximate surface area is 361 Å². The van der Waals surface area contributed by atoms with Crippen LogP contribution >= 0.6 is 0 Å². The number of hydrogen-bond acceptors (Lipinski definition) is 2. The molecule has 0 saturated heterocycles. The van der Waals surface area contributed by atoms with Gasteiger partial charge in [0.15, 0.2) is 0 Å². The van der Waals surface area contributed by atoms with Crippen LogP contribution in [0.2, 0.25) is 0 Å². The zero-order valence-electron chi connectivity index (χ0n) is 34.6. The molecule has 0 atom stereocenters. The normalized spacial score (nSPS) is 12.1. The summed E-state index contributed by atoms with van der Waals surface area (Å²) in [5.41, 5.74) is 16.8. The molecule has 0 aliphatic heterocycles. The zero-order valence-corrected chi connectivity index (χ0v) is 34.6. The molecule has 0 N–H and O–H groups in total. The van der Waals surface area contributed by atoms with E-state index >= 15 is 0 Å². The Morgan fingerprint density at radius 2 is 0.806 bits per heavy atom. The molecule has 11 rings (SSSR count). The average molecular weight is 795 g/mol. The van der Waals surface area contributed by atoms with E-state index in [9.17, 15) is 0 Å². The molecular formula is C58H42N4. The van der Waals surface area contributed by atoms with Crippen LogP contribution in [-0.2, 0) is 0 Å². The monoisotopic (exact) mass is 794 g/mol. The predicted octanol–water partition coefficient (Wildman–Crippen LogP) is 15.3. The molecule has 11 aromatic rings. The smallest absolute Gasteiger partial charge is 0.0900 e. The third-order valence-corrected chi connectivity index (χ3v) is 12.0. The molecule has 0 bridgehead atoms. The van der Waals surface area contributed by atoms with Crippen molar-refractivity contribution >= 4 is 49.2 Å². The topological polar surface area (TPSA) is 35.6 Å². The van der Waals surface area contributed by atoms with Gasteiger partial charge in [-0.25, -0.2) is 9.97 Å². The summed E-state index contributed by atoms with van der Waals surface area (Å²) in [6.07, 6.45) is 6.25. The molecule has 0 saturated carbocycles. The lowest BCUT2D eigenvalue weighted by Gasteiger charge is -2.15. The lowest BCUT2D eigenvalue weighted by molar-refractivity contribution is 1.18. The maximum Gasteiger partial charge on any atom is 0.0900 e. The second kappa shape index (κ2) is 15.5. The number of para-hydroxylation sites is 4. The van der Waals surface area contributed by atoms with E-state index in [2.05, 4.69) is 222 Å². The van der Waals surface area contributed by atoms with Crippen LogP contribution in [0.15, 0.2) is 218 Å². The van der Waals surface area contributed by atoms with Gasteiger partial charge in [-0.3, -0.25) is 0 Å². The van der Waals surface area contributed by atoms with Crippen molar-refractivity contribution in [3.8, 4) is 56.3 Å². The van der Waals surface area contributed by atoms with Gasteiger partial charge < -0.3 is 9.13 Å². The fourth-order valence-corrected chi connectivity index (χ4v) is 8.99. The van der Waals surface area contributed by atoms with Gasteiger partial charge in [-0.05, 0) is 114 Å². The van der Waals surface area contributed by atoms with Crippen LogP contribution in [0.25, 0.3) is 105 Å². The number of aromatic nitrogens is 4. The van der Waals surface area contributed by atoms with Crippen molar-refractivity contribution in [3.63, 3.8) is 0 Å². The van der Waals surface area contributed by atoms with Crippen LogP contribution in [0, 0.1) is 0 Å². The van der Waals surface area contributed by atoms with Crippen molar-refractivity contribution < 1.29 is 0 Å². The molecule has 4 nitrogen and oxygen atoms in total. The van der Waals surface area contributed by atoms with E-state index in [0.29, 0.717) is 0 Å². The molecule has 294 valence electrons. The Bertz CT molecular complexity index is 3440. The Morgan fingerprint density at radius 3 is 1.31 bits per heavy atom.